The Hall–Kier alpha value is -1.38. The van der Waals surface area contributed by atoms with E-state index in [-0.39, 0.29) is 6.54 Å². The lowest BCUT2D eigenvalue weighted by atomic mass is 10.1. The SMILES string of the molecule is CCc1ccc(CNS(=O)(=O)C(C)C#N)cc1. The predicted molar refractivity (Wildman–Crippen MR) is 66.7 cm³/mol. The van der Waals surface area contributed by atoms with Gasteiger partial charge in [0.1, 0.15) is 0 Å². The molecule has 0 amide bonds. The van der Waals surface area contributed by atoms with Gasteiger partial charge in [0, 0.05) is 6.54 Å². The molecule has 0 radical (unpaired) electrons. The van der Waals surface area contributed by atoms with Crippen molar-refractivity contribution in [2.45, 2.75) is 32.1 Å². The van der Waals surface area contributed by atoms with E-state index in [0.717, 1.165) is 12.0 Å². The Bertz CT molecular complexity index is 500. The predicted octanol–water partition coefficient (Wildman–Crippen LogP) is 1.58. The molecule has 17 heavy (non-hydrogen) atoms. The van der Waals surface area contributed by atoms with Crippen LogP contribution in [0.25, 0.3) is 0 Å². The van der Waals surface area contributed by atoms with E-state index >= 15 is 0 Å². The van der Waals surface area contributed by atoms with Gasteiger partial charge in [0.2, 0.25) is 10.0 Å². The van der Waals surface area contributed by atoms with Gasteiger partial charge < -0.3 is 0 Å². The van der Waals surface area contributed by atoms with Gasteiger partial charge in [-0.3, -0.25) is 0 Å². The Morgan fingerprint density at radius 2 is 1.82 bits per heavy atom. The molecule has 1 N–H and O–H groups in total. The van der Waals surface area contributed by atoms with Gasteiger partial charge in [-0.05, 0) is 24.5 Å². The third-order valence-corrected chi connectivity index (χ3v) is 4.14. The summed E-state index contributed by atoms with van der Waals surface area (Å²) in [4.78, 5) is 0. The summed E-state index contributed by atoms with van der Waals surface area (Å²) in [6, 6.07) is 9.42. The maximum Gasteiger partial charge on any atom is 0.227 e. The fourth-order valence-electron chi connectivity index (χ4n) is 1.27. The third-order valence-electron chi connectivity index (χ3n) is 2.56. The maximum atomic E-state index is 11.5. The van der Waals surface area contributed by atoms with Crippen LogP contribution in [0.4, 0.5) is 0 Å². The van der Waals surface area contributed by atoms with E-state index in [1.165, 1.54) is 12.5 Å². The zero-order chi connectivity index (χ0) is 12.9. The molecule has 1 unspecified atom stereocenters. The van der Waals surface area contributed by atoms with Crippen LogP contribution in [0.1, 0.15) is 25.0 Å². The quantitative estimate of drug-likeness (QED) is 0.865. The van der Waals surface area contributed by atoms with E-state index in [1.54, 1.807) is 6.07 Å². The highest BCUT2D eigenvalue weighted by Gasteiger charge is 2.19. The molecule has 1 atom stereocenters. The molecule has 5 heteroatoms. The van der Waals surface area contributed by atoms with Gasteiger partial charge in [0.25, 0.3) is 0 Å². The molecule has 0 heterocycles. The number of hydrogen-bond acceptors (Lipinski definition) is 3. The molecule has 0 bridgehead atoms. The van der Waals surface area contributed by atoms with Crippen molar-refractivity contribution in [3.8, 4) is 6.07 Å². The molecule has 0 fully saturated rings. The smallest absolute Gasteiger partial charge is 0.211 e. The van der Waals surface area contributed by atoms with Crippen LogP contribution in [0.15, 0.2) is 24.3 Å². The Labute approximate surface area is 102 Å². The molecule has 0 aromatic heterocycles. The van der Waals surface area contributed by atoms with Gasteiger partial charge in [-0.2, -0.15) is 5.26 Å². The summed E-state index contributed by atoms with van der Waals surface area (Å²) in [5, 5.41) is 7.54. The van der Waals surface area contributed by atoms with Crippen molar-refractivity contribution >= 4 is 10.0 Å². The summed E-state index contributed by atoms with van der Waals surface area (Å²) >= 11 is 0. The molecule has 0 aliphatic carbocycles. The largest absolute Gasteiger partial charge is 0.227 e. The summed E-state index contributed by atoms with van der Waals surface area (Å²) in [7, 11) is -3.54. The monoisotopic (exact) mass is 252 g/mol. The molecule has 0 aliphatic rings. The number of sulfonamides is 1. The molecule has 0 saturated carbocycles. The molecule has 0 aliphatic heterocycles. The highest BCUT2D eigenvalue weighted by molar-refractivity contribution is 7.90. The van der Waals surface area contributed by atoms with Crippen molar-refractivity contribution in [1.29, 1.82) is 5.26 Å². The summed E-state index contributed by atoms with van der Waals surface area (Å²) in [5.74, 6) is 0. The standard InChI is InChI=1S/C12H16N2O2S/c1-3-11-4-6-12(7-5-11)9-14-17(15,16)10(2)8-13/h4-7,10,14H,3,9H2,1-2H3. The van der Waals surface area contributed by atoms with Crippen LogP contribution >= 0.6 is 0 Å². The molecular weight excluding hydrogens is 236 g/mol. The van der Waals surface area contributed by atoms with E-state index in [0.29, 0.717) is 0 Å². The van der Waals surface area contributed by atoms with Gasteiger partial charge in [-0.1, -0.05) is 31.2 Å². The van der Waals surface area contributed by atoms with E-state index in [1.807, 2.05) is 24.3 Å². The summed E-state index contributed by atoms with van der Waals surface area (Å²) < 4.78 is 25.5. The summed E-state index contributed by atoms with van der Waals surface area (Å²) in [5.41, 5.74) is 2.10. The van der Waals surface area contributed by atoms with E-state index in [9.17, 15) is 8.42 Å². The first kappa shape index (κ1) is 13.7. The van der Waals surface area contributed by atoms with E-state index in [2.05, 4.69) is 11.6 Å². The Morgan fingerprint density at radius 3 is 2.29 bits per heavy atom. The number of nitriles is 1. The lowest BCUT2D eigenvalue weighted by Crippen LogP contribution is -2.31. The second kappa shape index (κ2) is 5.80. The minimum atomic E-state index is -3.54. The lowest BCUT2D eigenvalue weighted by molar-refractivity contribution is 0.577. The maximum absolute atomic E-state index is 11.5. The van der Waals surface area contributed by atoms with Crippen LogP contribution in [-0.4, -0.2) is 13.7 Å². The average molecular weight is 252 g/mol. The molecule has 0 spiro atoms. The van der Waals surface area contributed by atoms with Crippen molar-refractivity contribution in [2.75, 3.05) is 0 Å². The normalized spacial score (nSPS) is 13.0. The fraction of sp³-hybridized carbons (Fsp3) is 0.417. The van der Waals surface area contributed by atoms with Gasteiger partial charge in [-0.15, -0.1) is 0 Å². The number of aryl methyl sites for hydroxylation is 1. The van der Waals surface area contributed by atoms with Gasteiger partial charge in [0.05, 0.1) is 6.07 Å². The molecule has 1 aromatic rings. The van der Waals surface area contributed by atoms with Crippen LogP contribution in [0.3, 0.4) is 0 Å². The van der Waals surface area contributed by atoms with Crippen molar-refractivity contribution in [1.82, 2.24) is 4.72 Å². The zero-order valence-electron chi connectivity index (χ0n) is 9.97. The lowest BCUT2D eigenvalue weighted by Gasteiger charge is -2.08. The van der Waals surface area contributed by atoms with Gasteiger partial charge in [-0.25, -0.2) is 13.1 Å². The van der Waals surface area contributed by atoms with E-state index < -0.39 is 15.3 Å². The van der Waals surface area contributed by atoms with Gasteiger partial charge in [0.15, 0.2) is 5.25 Å². The van der Waals surface area contributed by atoms with Crippen LogP contribution in [-0.2, 0) is 23.0 Å². The van der Waals surface area contributed by atoms with Crippen molar-refractivity contribution in [3.63, 3.8) is 0 Å². The zero-order valence-corrected chi connectivity index (χ0v) is 10.8. The Kier molecular flexibility index (Phi) is 4.67. The summed E-state index contributed by atoms with van der Waals surface area (Å²) in [6.07, 6.45) is 0.956. The molecule has 1 aromatic carbocycles. The minimum absolute atomic E-state index is 0.221. The molecular formula is C12H16N2O2S. The van der Waals surface area contributed by atoms with Crippen LogP contribution in [0, 0.1) is 11.3 Å². The third kappa shape index (κ3) is 3.84. The number of nitrogens with zero attached hydrogens (tertiary/aromatic N) is 1. The van der Waals surface area contributed by atoms with Crippen LogP contribution in [0.2, 0.25) is 0 Å². The topological polar surface area (TPSA) is 70.0 Å². The fourth-order valence-corrected chi connectivity index (χ4v) is 2.03. The molecule has 0 saturated heterocycles. The molecule has 92 valence electrons. The second-order valence-electron chi connectivity index (χ2n) is 3.81. The van der Waals surface area contributed by atoms with E-state index in [4.69, 9.17) is 5.26 Å². The average Bonchev–Trinajstić information content (AvgIpc) is 2.36. The Morgan fingerprint density at radius 1 is 1.29 bits per heavy atom. The number of rotatable bonds is 5. The first-order chi connectivity index (χ1) is 7.99. The Balaban J connectivity index is 2.65. The van der Waals surface area contributed by atoms with Crippen LogP contribution in [0.5, 0.6) is 0 Å². The first-order valence-electron chi connectivity index (χ1n) is 5.45. The minimum Gasteiger partial charge on any atom is -0.211 e. The number of hydrogen-bond donors (Lipinski definition) is 1. The van der Waals surface area contributed by atoms with Crippen molar-refractivity contribution in [3.05, 3.63) is 35.4 Å². The van der Waals surface area contributed by atoms with Crippen molar-refractivity contribution in [2.24, 2.45) is 0 Å². The highest BCUT2D eigenvalue weighted by atomic mass is 32.2. The highest BCUT2D eigenvalue weighted by Crippen LogP contribution is 2.06. The molecule has 4 nitrogen and oxygen atoms in total. The van der Waals surface area contributed by atoms with Crippen LogP contribution < -0.4 is 4.72 Å². The molecule has 1 rings (SSSR count). The number of nitrogens with one attached hydrogen (secondary N) is 1. The first-order valence-corrected chi connectivity index (χ1v) is 7.00. The van der Waals surface area contributed by atoms with Crippen molar-refractivity contribution < 1.29 is 8.42 Å². The van der Waals surface area contributed by atoms with Gasteiger partial charge >= 0.3 is 0 Å². The summed E-state index contributed by atoms with van der Waals surface area (Å²) in [6.45, 7) is 3.65. The second-order valence-corrected chi connectivity index (χ2v) is 5.89. The number of benzene rings is 1.